The van der Waals surface area contributed by atoms with Crippen molar-refractivity contribution in [3.63, 3.8) is 0 Å². The monoisotopic (exact) mass is 400 g/mol. The van der Waals surface area contributed by atoms with Crippen molar-refractivity contribution in [2.75, 3.05) is 11.6 Å². The molecule has 3 N–H and O–H groups in total. The molecule has 2 aromatic rings. The van der Waals surface area contributed by atoms with E-state index in [-0.39, 0.29) is 0 Å². The summed E-state index contributed by atoms with van der Waals surface area (Å²) in [5.41, 5.74) is 8.73. The van der Waals surface area contributed by atoms with E-state index in [9.17, 15) is 0 Å². The molecule has 0 radical (unpaired) electrons. The van der Waals surface area contributed by atoms with Crippen LogP contribution in [0, 0.1) is 3.57 Å². The van der Waals surface area contributed by atoms with Gasteiger partial charge in [-0.05, 0) is 59.2 Å². The topological polar surface area (TPSA) is 38.0 Å². The first-order chi connectivity index (χ1) is 9.11. The van der Waals surface area contributed by atoms with Gasteiger partial charge in [0.15, 0.2) is 0 Å². The standard InChI is InChI=1S/C14H13IN2S2/c1-19-12-7-3-6-11(13(12)14(16)18)17-10-5-2-4-9(15)8-10/h2-8,17H,1H3,(H2,16,18). The van der Waals surface area contributed by atoms with Gasteiger partial charge in [-0.1, -0.05) is 24.4 Å². The van der Waals surface area contributed by atoms with Crippen LogP contribution in [0.25, 0.3) is 0 Å². The zero-order valence-corrected chi connectivity index (χ0v) is 14.1. The summed E-state index contributed by atoms with van der Waals surface area (Å²) in [6, 6.07) is 14.2. The fraction of sp³-hybridized carbons (Fsp3) is 0.0714. The fourth-order valence-electron chi connectivity index (χ4n) is 1.78. The molecule has 2 aromatic carbocycles. The third-order valence-electron chi connectivity index (χ3n) is 2.60. The lowest BCUT2D eigenvalue weighted by Gasteiger charge is -2.14. The number of anilines is 2. The Morgan fingerprint density at radius 2 is 2.00 bits per heavy atom. The average molecular weight is 400 g/mol. The van der Waals surface area contributed by atoms with Gasteiger partial charge in [-0.15, -0.1) is 11.8 Å². The van der Waals surface area contributed by atoms with E-state index >= 15 is 0 Å². The highest BCUT2D eigenvalue weighted by molar-refractivity contribution is 14.1. The SMILES string of the molecule is CSc1cccc(Nc2cccc(I)c2)c1C(N)=S. The lowest BCUT2D eigenvalue weighted by molar-refractivity contribution is 1.39. The molecule has 19 heavy (non-hydrogen) atoms. The van der Waals surface area contributed by atoms with E-state index in [1.807, 2.05) is 36.6 Å². The van der Waals surface area contributed by atoms with Gasteiger partial charge in [0.05, 0.1) is 0 Å². The van der Waals surface area contributed by atoms with Crippen molar-refractivity contribution < 1.29 is 0 Å². The molecular formula is C14H13IN2S2. The van der Waals surface area contributed by atoms with Gasteiger partial charge in [0, 0.05) is 25.4 Å². The molecule has 98 valence electrons. The Kier molecular flexibility index (Phi) is 5.06. The molecule has 0 aromatic heterocycles. The third kappa shape index (κ3) is 3.61. The predicted octanol–water partition coefficient (Wildman–Crippen LogP) is 4.39. The Balaban J connectivity index is 2.42. The van der Waals surface area contributed by atoms with Crippen molar-refractivity contribution in [1.29, 1.82) is 0 Å². The molecule has 0 unspecified atom stereocenters. The largest absolute Gasteiger partial charge is 0.389 e. The number of thiocarbonyl (C=S) groups is 1. The summed E-state index contributed by atoms with van der Waals surface area (Å²) in [6.07, 6.45) is 2.02. The molecule has 0 saturated carbocycles. The van der Waals surface area contributed by atoms with E-state index < -0.39 is 0 Å². The molecule has 5 heteroatoms. The molecule has 0 aliphatic heterocycles. The summed E-state index contributed by atoms with van der Waals surface area (Å²) in [6.45, 7) is 0. The number of nitrogens with two attached hydrogens (primary N) is 1. The second-order valence-electron chi connectivity index (χ2n) is 3.88. The van der Waals surface area contributed by atoms with E-state index in [4.69, 9.17) is 18.0 Å². The predicted molar refractivity (Wildman–Crippen MR) is 96.6 cm³/mol. The molecule has 0 amide bonds. The summed E-state index contributed by atoms with van der Waals surface area (Å²) in [5, 5.41) is 3.38. The third-order valence-corrected chi connectivity index (χ3v) is 4.25. The van der Waals surface area contributed by atoms with Crippen LogP contribution in [0.3, 0.4) is 0 Å². The number of hydrogen-bond donors (Lipinski definition) is 2. The summed E-state index contributed by atoms with van der Waals surface area (Å²) >= 11 is 9.10. The molecule has 0 saturated heterocycles. The van der Waals surface area contributed by atoms with E-state index in [2.05, 4.69) is 40.0 Å². The molecule has 2 nitrogen and oxygen atoms in total. The number of halogens is 1. The Labute approximate surface area is 136 Å². The highest BCUT2D eigenvalue weighted by Gasteiger charge is 2.10. The van der Waals surface area contributed by atoms with E-state index in [0.29, 0.717) is 4.99 Å². The van der Waals surface area contributed by atoms with Crippen molar-refractivity contribution in [3.8, 4) is 0 Å². The van der Waals surface area contributed by atoms with Crippen molar-refractivity contribution >= 4 is 62.9 Å². The van der Waals surface area contributed by atoms with Crippen LogP contribution in [0.2, 0.25) is 0 Å². The molecule has 0 aliphatic carbocycles. The highest BCUT2D eigenvalue weighted by atomic mass is 127. The van der Waals surface area contributed by atoms with Gasteiger partial charge in [-0.2, -0.15) is 0 Å². The van der Waals surface area contributed by atoms with Crippen LogP contribution >= 0.6 is 46.6 Å². The van der Waals surface area contributed by atoms with Crippen LogP contribution in [-0.4, -0.2) is 11.2 Å². The normalized spacial score (nSPS) is 10.2. The van der Waals surface area contributed by atoms with Crippen molar-refractivity contribution in [1.82, 2.24) is 0 Å². The lowest BCUT2D eigenvalue weighted by atomic mass is 10.1. The Morgan fingerprint density at radius 1 is 1.26 bits per heavy atom. The van der Waals surface area contributed by atoms with Crippen LogP contribution in [-0.2, 0) is 0 Å². The van der Waals surface area contributed by atoms with Gasteiger partial charge < -0.3 is 11.1 Å². The zero-order valence-electron chi connectivity index (χ0n) is 10.3. The molecule has 0 bridgehead atoms. The van der Waals surface area contributed by atoms with Gasteiger partial charge in [0.25, 0.3) is 0 Å². The molecule has 0 heterocycles. The van der Waals surface area contributed by atoms with Crippen LogP contribution in [0.5, 0.6) is 0 Å². The van der Waals surface area contributed by atoms with Gasteiger partial charge in [0.1, 0.15) is 4.99 Å². The van der Waals surface area contributed by atoms with E-state index in [0.717, 1.165) is 21.8 Å². The molecule has 0 atom stereocenters. The number of nitrogens with one attached hydrogen (secondary N) is 1. The highest BCUT2D eigenvalue weighted by Crippen LogP contribution is 2.29. The van der Waals surface area contributed by atoms with Crippen molar-refractivity contribution in [2.24, 2.45) is 5.73 Å². The molecule has 0 aliphatic rings. The Bertz CT molecular complexity index is 614. The lowest BCUT2D eigenvalue weighted by Crippen LogP contribution is -2.13. The number of thioether (sulfide) groups is 1. The quantitative estimate of drug-likeness (QED) is 0.454. The maximum absolute atomic E-state index is 5.85. The van der Waals surface area contributed by atoms with Crippen LogP contribution in [0.15, 0.2) is 47.4 Å². The first-order valence-corrected chi connectivity index (χ1v) is 8.32. The second-order valence-corrected chi connectivity index (χ2v) is 6.42. The minimum Gasteiger partial charge on any atom is -0.389 e. The molecule has 0 spiro atoms. The second kappa shape index (κ2) is 6.58. The minimum absolute atomic E-state index is 0.415. The van der Waals surface area contributed by atoms with Crippen LogP contribution < -0.4 is 11.1 Å². The summed E-state index contributed by atoms with van der Waals surface area (Å²) in [7, 11) is 0. The van der Waals surface area contributed by atoms with Crippen molar-refractivity contribution in [2.45, 2.75) is 4.90 Å². The van der Waals surface area contributed by atoms with E-state index in [1.54, 1.807) is 11.8 Å². The first kappa shape index (κ1) is 14.6. The smallest absolute Gasteiger partial charge is 0.107 e. The Morgan fingerprint density at radius 3 is 2.63 bits per heavy atom. The summed E-state index contributed by atoms with van der Waals surface area (Å²) in [4.78, 5) is 1.50. The maximum atomic E-state index is 5.85. The molecular weight excluding hydrogens is 387 g/mol. The Hall–Kier alpha value is -0.790. The van der Waals surface area contributed by atoms with E-state index in [1.165, 1.54) is 3.57 Å². The minimum atomic E-state index is 0.415. The molecule has 0 fully saturated rings. The number of benzene rings is 2. The molecule has 2 rings (SSSR count). The summed E-state index contributed by atoms with van der Waals surface area (Å²) < 4.78 is 1.18. The van der Waals surface area contributed by atoms with Crippen LogP contribution in [0.1, 0.15) is 5.56 Å². The fourth-order valence-corrected chi connectivity index (χ4v) is 3.25. The number of rotatable bonds is 4. The average Bonchev–Trinajstić information content (AvgIpc) is 2.38. The maximum Gasteiger partial charge on any atom is 0.107 e. The van der Waals surface area contributed by atoms with Gasteiger partial charge in [-0.25, -0.2) is 0 Å². The number of hydrogen-bond acceptors (Lipinski definition) is 3. The van der Waals surface area contributed by atoms with Gasteiger partial charge >= 0.3 is 0 Å². The van der Waals surface area contributed by atoms with Crippen molar-refractivity contribution in [3.05, 3.63) is 51.6 Å². The first-order valence-electron chi connectivity index (χ1n) is 5.61. The van der Waals surface area contributed by atoms with Gasteiger partial charge in [0.2, 0.25) is 0 Å². The summed E-state index contributed by atoms with van der Waals surface area (Å²) in [5.74, 6) is 0. The van der Waals surface area contributed by atoms with Gasteiger partial charge in [-0.3, -0.25) is 0 Å². The van der Waals surface area contributed by atoms with Crippen LogP contribution in [0.4, 0.5) is 11.4 Å². The zero-order chi connectivity index (χ0) is 13.8.